The third kappa shape index (κ3) is 3.21. The van der Waals surface area contributed by atoms with Gasteiger partial charge in [0.2, 0.25) is 0 Å². The Balaban J connectivity index is 1.71. The molecule has 2 aromatic carbocycles. The van der Waals surface area contributed by atoms with E-state index in [2.05, 4.69) is 30.1 Å². The van der Waals surface area contributed by atoms with Crippen LogP contribution >= 0.6 is 0 Å². The van der Waals surface area contributed by atoms with E-state index in [0.29, 0.717) is 18.1 Å². The molecule has 0 radical (unpaired) electrons. The smallest absolute Gasteiger partial charge is 0.254 e. The van der Waals surface area contributed by atoms with Crippen molar-refractivity contribution in [2.75, 3.05) is 5.32 Å². The van der Waals surface area contributed by atoms with Crippen molar-refractivity contribution in [2.24, 2.45) is 0 Å². The fourth-order valence-corrected chi connectivity index (χ4v) is 4.04. The molecule has 0 aliphatic carbocycles. The van der Waals surface area contributed by atoms with E-state index in [1.165, 1.54) is 5.56 Å². The molecule has 3 heterocycles. The Bertz CT molecular complexity index is 1520. The summed E-state index contributed by atoms with van der Waals surface area (Å²) in [7, 11) is 0. The maximum atomic E-state index is 9.53. The van der Waals surface area contributed by atoms with Crippen molar-refractivity contribution in [1.29, 1.82) is 5.26 Å². The average Bonchev–Trinajstić information content (AvgIpc) is 3.38. The van der Waals surface area contributed by atoms with Crippen molar-refractivity contribution in [3.05, 3.63) is 95.8 Å². The van der Waals surface area contributed by atoms with Crippen molar-refractivity contribution >= 4 is 27.8 Å². The molecule has 156 valence electrons. The fourth-order valence-electron chi connectivity index (χ4n) is 4.04. The second-order valence-electron chi connectivity index (χ2n) is 7.87. The second-order valence-corrected chi connectivity index (χ2v) is 7.87. The van der Waals surface area contributed by atoms with Gasteiger partial charge in [0.25, 0.3) is 5.95 Å². The fraction of sp³-hybridized carbons (Fsp3) is 0.115. The molecule has 0 saturated carbocycles. The number of aryl methyl sites for hydroxylation is 1. The Kier molecular flexibility index (Phi) is 4.72. The van der Waals surface area contributed by atoms with E-state index >= 15 is 0 Å². The molecule has 5 aromatic rings. The molecule has 0 spiro atoms. The molecule has 0 amide bonds. The molecule has 0 atom stereocenters. The first-order valence-electron chi connectivity index (χ1n) is 10.4. The van der Waals surface area contributed by atoms with Crippen LogP contribution in [-0.4, -0.2) is 19.2 Å². The van der Waals surface area contributed by atoms with Gasteiger partial charge in [0, 0.05) is 17.6 Å². The van der Waals surface area contributed by atoms with Crippen LogP contribution in [-0.2, 0) is 6.54 Å². The molecule has 0 aliphatic heterocycles. The zero-order chi connectivity index (χ0) is 22.2. The van der Waals surface area contributed by atoms with Crippen molar-refractivity contribution in [3.63, 3.8) is 0 Å². The first kappa shape index (κ1) is 19.6. The quantitative estimate of drug-likeness (QED) is 0.409. The van der Waals surface area contributed by atoms with Crippen molar-refractivity contribution in [3.8, 4) is 12.0 Å². The van der Waals surface area contributed by atoms with E-state index in [9.17, 15) is 5.26 Å². The standard InChI is InChI=1S/C26H22N6/c1-17(2)22-12-13-24-25(28-16-19-8-5-4-6-9-19)29-26(30-32(22)24)31-18(3)14-21-20(15-27)10-7-11-23(21)31/h4-14H,1,16H2,2-3H3,(H,28,29,30). The maximum absolute atomic E-state index is 9.53. The van der Waals surface area contributed by atoms with E-state index < -0.39 is 0 Å². The lowest BCUT2D eigenvalue weighted by atomic mass is 10.1. The summed E-state index contributed by atoms with van der Waals surface area (Å²) >= 11 is 0. The number of benzene rings is 2. The van der Waals surface area contributed by atoms with Gasteiger partial charge in [0.05, 0.1) is 22.8 Å². The molecule has 0 aliphatic rings. The third-order valence-corrected chi connectivity index (χ3v) is 5.59. The zero-order valence-corrected chi connectivity index (χ0v) is 18.0. The SMILES string of the molecule is C=C(C)c1ccc2c(NCc3ccccc3)nc(-n3c(C)cc4c(C#N)cccc43)nn12. The molecule has 0 fully saturated rings. The summed E-state index contributed by atoms with van der Waals surface area (Å²) in [5.41, 5.74) is 6.39. The number of nitrogens with zero attached hydrogens (tertiary/aromatic N) is 5. The predicted octanol–water partition coefficient (Wildman–Crippen LogP) is 5.50. The summed E-state index contributed by atoms with van der Waals surface area (Å²) in [4.78, 5) is 4.90. The molecule has 3 aromatic heterocycles. The van der Waals surface area contributed by atoms with Gasteiger partial charge in [-0.2, -0.15) is 10.2 Å². The topological polar surface area (TPSA) is 70.9 Å². The van der Waals surface area contributed by atoms with Crippen LogP contribution < -0.4 is 5.32 Å². The molecule has 0 saturated heterocycles. The molecule has 32 heavy (non-hydrogen) atoms. The lowest BCUT2D eigenvalue weighted by molar-refractivity contribution is 0.817. The van der Waals surface area contributed by atoms with Crippen LogP contribution in [0, 0.1) is 18.3 Å². The summed E-state index contributed by atoms with van der Waals surface area (Å²) in [5, 5.41) is 18.8. The zero-order valence-electron chi connectivity index (χ0n) is 18.0. The van der Waals surface area contributed by atoms with Gasteiger partial charge in [-0.3, -0.25) is 4.57 Å². The molecule has 0 unspecified atom stereocenters. The van der Waals surface area contributed by atoms with Gasteiger partial charge in [-0.05, 0) is 55.3 Å². The van der Waals surface area contributed by atoms with E-state index in [1.54, 1.807) is 0 Å². The maximum Gasteiger partial charge on any atom is 0.254 e. The van der Waals surface area contributed by atoms with Crippen LogP contribution in [0.3, 0.4) is 0 Å². The number of rotatable bonds is 5. The highest BCUT2D eigenvalue weighted by molar-refractivity contribution is 5.88. The van der Waals surface area contributed by atoms with E-state index in [4.69, 9.17) is 10.1 Å². The molecular formula is C26H22N6. The van der Waals surface area contributed by atoms with Gasteiger partial charge >= 0.3 is 0 Å². The molecular weight excluding hydrogens is 396 g/mol. The number of nitriles is 1. The highest BCUT2D eigenvalue weighted by Gasteiger charge is 2.17. The molecule has 0 bridgehead atoms. The minimum Gasteiger partial charge on any atom is -0.364 e. The lowest BCUT2D eigenvalue weighted by Gasteiger charge is -2.13. The van der Waals surface area contributed by atoms with Crippen LogP contribution in [0.1, 0.15) is 29.4 Å². The summed E-state index contributed by atoms with van der Waals surface area (Å²) in [6.45, 7) is 8.72. The number of allylic oxidation sites excluding steroid dienone is 1. The number of hydrogen-bond acceptors (Lipinski definition) is 4. The molecule has 1 N–H and O–H groups in total. The van der Waals surface area contributed by atoms with E-state index in [0.717, 1.165) is 39.2 Å². The highest BCUT2D eigenvalue weighted by atomic mass is 15.3. The summed E-state index contributed by atoms with van der Waals surface area (Å²) in [6.07, 6.45) is 0. The van der Waals surface area contributed by atoms with E-state index in [-0.39, 0.29) is 0 Å². The van der Waals surface area contributed by atoms with Gasteiger partial charge in [-0.15, -0.1) is 5.10 Å². The van der Waals surface area contributed by atoms with Gasteiger partial charge in [0.1, 0.15) is 5.52 Å². The predicted molar refractivity (Wildman–Crippen MR) is 128 cm³/mol. The van der Waals surface area contributed by atoms with E-state index in [1.807, 2.05) is 77.5 Å². The van der Waals surface area contributed by atoms with Crippen LogP contribution in [0.25, 0.3) is 27.9 Å². The Morgan fingerprint density at radius 2 is 1.88 bits per heavy atom. The number of hydrogen-bond donors (Lipinski definition) is 1. The minimum absolute atomic E-state index is 0.536. The van der Waals surface area contributed by atoms with Crippen molar-refractivity contribution < 1.29 is 0 Å². The Morgan fingerprint density at radius 1 is 1.06 bits per heavy atom. The van der Waals surface area contributed by atoms with Crippen molar-refractivity contribution in [2.45, 2.75) is 20.4 Å². The van der Waals surface area contributed by atoms with Gasteiger partial charge in [-0.25, -0.2) is 4.52 Å². The second kappa shape index (κ2) is 7.71. The highest BCUT2D eigenvalue weighted by Crippen LogP contribution is 2.28. The first-order valence-corrected chi connectivity index (χ1v) is 10.4. The summed E-state index contributed by atoms with van der Waals surface area (Å²) < 4.78 is 3.88. The average molecular weight is 419 g/mol. The summed E-state index contributed by atoms with van der Waals surface area (Å²) in [6, 6.07) is 24.2. The summed E-state index contributed by atoms with van der Waals surface area (Å²) in [5.74, 6) is 1.28. The lowest BCUT2D eigenvalue weighted by Crippen LogP contribution is -2.12. The van der Waals surface area contributed by atoms with Crippen LogP contribution in [0.5, 0.6) is 0 Å². The monoisotopic (exact) mass is 418 g/mol. The molecule has 6 heteroatoms. The van der Waals surface area contributed by atoms with Crippen molar-refractivity contribution in [1.82, 2.24) is 19.2 Å². The Morgan fingerprint density at radius 3 is 2.62 bits per heavy atom. The number of aromatic nitrogens is 4. The van der Waals surface area contributed by atoms with Gasteiger partial charge in [-0.1, -0.05) is 43.0 Å². The minimum atomic E-state index is 0.536. The van der Waals surface area contributed by atoms with Gasteiger partial charge < -0.3 is 5.32 Å². The number of fused-ring (bicyclic) bond motifs is 2. The largest absolute Gasteiger partial charge is 0.364 e. The van der Waals surface area contributed by atoms with Crippen LogP contribution in [0.4, 0.5) is 5.82 Å². The third-order valence-electron chi connectivity index (χ3n) is 5.59. The normalized spacial score (nSPS) is 11.0. The van der Waals surface area contributed by atoms with Crippen LogP contribution in [0.2, 0.25) is 0 Å². The Labute approximate surface area is 186 Å². The van der Waals surface area contributed by atoms with Crippen LogP contribution in [0.15, 0.2) is 73.3 Å². The number of anilines is 1. The van der Waals surface area contributed by atoms with Gasteiger partial charge in [0.15, 0.2) is 5.82 Å². The first-order chi connectivity index (χ1) is 15.6. The molecule has 6 nitrogen and oxygen atoms in total. The molecule has 5 rings (SSSR count). The number of nitrogens with one attached hydrogen (secondary N) is 1. The Hall–Kier alpha value is -4.37.